The van der Waals surface area contributed by atoms with Crippen molar-refractivity contribution in [2.45, 2.75) is 6.54 Å². The number of carbonyl (C=O) groups excluding carboxylic acids is 1. The van der Waals surface area contributed by atoms with Gasteiger partial charge in [-0.15, -0.1) is 0 Å². The van der Waals surface area contributed by atoms with Crippen LogP contribution in [0.3, 0.4) is 0 Å². The fourth-order valence-electron chi connectivity index (χ4n) is 2.40. The Hall–Kier alpha value is -4.19. The number of hydrogen-bond acceptors (Lipinski definition) is 8. The van der Waals surface area contributed by atoms with Crippen LogP contribution in [0.4, 0.5) is 19.4 Å². The number of allylic oxidation sites excluding steroid dienone is 1. The molecule has 0 fully saturated rings. The monoisotopic (exact) mass is 428 g/mol. The lowest BCUT2D eigenvalue weighted by Crippen LogP contribution is -2.38. The molecular weight excluding hydrogens is 410 g/mol. The molecule has 10 nitrogen and oxygen atoms in total. The minimum absolute atomic E-state index is 0.00681. The number of aromatic nitrogens is 3. The van der Waals surface area contributed by atoms with E-state index in [9.17, 15) is 13.6 Å². The van der Waals surface area contributed by atoms with Crippen molar-refractivity contribution >= 4 is 23.3 Å². The van der Waals surface area contributed by atoms with Crippen molar-refractivity contribution in [3.05, 3.63) is 77.6 Å². The number of carbonyl (C=O) groups is 1. The van der Waals surface area contributed by atoms with Gasteiger partial charge in [0.1, 0.15) is 17.8 Å². The van der Waals surface area contributed by atoms with Gasteiger partial charge in [-0.3, -0.25) is 15.7 Å². The van der Waals surface area contributed by atoms with Crippen LogP contribution >= 0.6 is 0 Å². The molecule has 2 heterocycles. The first-order valence-electron chi connectivity index (χ1n) is 8.90. The molecule has 3 rings (SSSR count). The van der Waals surface area contributed by atoms with E-state index in [1.54, 1.807) is 24.3 Å². The maximum absolute atomic E-state index is 13.9. The van der Waals surface area contributed by atoms with Crippen LogP contribution < -0.4 is 21.9 Å². The van der Waals surface area contributed by atoms with Gasteiger partial charge in [-0.2, -0.15) is 0 Å². The second-order valence-electron chi connectivity index (χ2n) is 6.00. The lowest BCUT2D eigenvalue weighted by molar-refractivity contribution is 0.249. The first-order chi connectivity index (χ1) is 15.0. The smallest absolute Gasteiger partial charge is 0.334 e. The number of anilines is 1. The van der Waals surface area contributed by atoms with E-state index in [0.717, 1.165) is 6.20 Å². The Morgan fingerprint density at radius 1 is 1.26 bits per heavy atom. The minimum Gasteiger partial charge on any atom is -0.396 e. The fourth-order valence-corrected chi connectivity index (χ4v) is 2.40. The third kappa shape index (κ3) is 5.67. The summed E-state index contributed by atoms with van der Waals surface area (Å²) in [4.78, 5) is 23.7. The van der Waals surface area contributed by atoms with Gasteiger partial charge in [-0.05, 0) is 12.1 Å². The first-order valence-corrected chi connectivity index (χ1v) is 8.90. The molecule has 0 aliphatic carbocycles. The molecule has 0 saturated heterocycles. The van der Waals surface area contributed by atoms with Gasteiger partial charge in [0.2, 0.25) is 0 Å². The van der Waals surface area contributed by atoms with Gasteiger partial charge in [0.25, 0.3) is 0 Å². The Morgan fingerprint density at radius 2 is 2.06 bits per heavy atom. The fraction of sp³-hybridized carbons (Fsp3) is 0.105. The molecule has 1 aromatic carbocycles. The summed E-state index contributed by atoms with van der Waals surface area (Å²) in [7, 11) is 1.47. The molecule has 0 radical (unpaired) electrons. The van der Waals surface area contributed by atoms with Crippen LogP contribution in [0, 0.1) is 11.6 Å². The third-order valence-electron chi connectivity index (χ3n) is 3.84. The van der Waals surface area contributed by atoms with Crippen LogP contribution in [0.25, 0.3) is 5.70 Å². The highest BCUT2D eigenvalue weighted by Crippen LogP contribution is 2.14. The van der Waals surface area contributed by atoms with Gasteiger partial charge >= 0.3 is 6.03 Å². The van der Waals surface area contributed by atoms with Crippen LogP contribution in [-0.4, -0.2) is 33.9 Å². The Balaban J connectivity index is 1.91. The number of benzene rings is 1. The highest BCUT2D eigenvalue weighted by atomic mass is 19.1. The van der Waals surface area contributed by atoms with Crippen LogP contribution in [0.15, 0.2) is 58.4 Å². The van der Waals surface area contributed by atoms with Crippen molar-refractivity contribution in [2.24, 2.45) is 10.7 Å². The number of amides is 2. The zero-order valence-corrected chi connectivity index (χ0v) is 16.3. The zero-order valence-electron chi connectivity index (χ0n) is 16.3. The van der Waals surface area contributed by atoms with Crippen molar-refractivity contribution in [3.63, 3.8) is 0 Å². The number of hydrazine groups is 1. The lowest BCUT2D eigenvalue weighted by Gasteiger charge is -2.08. The maximum Gasteiger partial charge on any atom is 0.334 e. The van der Waals surface area contributed by atoms with Gasteiger partial charge < -0.3 is 10.3 Å². The summed E-state index contributed by atoms with van der Waals surface area (Å²) < 4.78 is 32.7. The van der Waals surface area contributed by atoms with E-state index in [-0.39, 0.29) is 29.6 Å². The summed E-state index contributed by atoms with van der Waals surface area (Å²) in [6.07, 6.45) is 3.60. The van der Waals surface area contributed by atoms with Gasteiger partial charge in [0.15, 0.2) is 17.5 Å². The van der Waals surface area contributed by atoms with E-state index in [1.807, 2.05) is 0 Å². The molecule has 0 atom stereocenters. The molecule has 0 saturated carbocycles. The molecule has 160 valence electrons. The number of hydrogen-bond donors (Lipinski definition) is 4. The van der Waals surface area contributed by atoms with Crippen LogP contribution in [-0.2, 0) is 6.54 Å². The van der Waals surface area contributed by atoms with E-state index < -0.39 is 17.7 Å². The van der Waals surface area contributed by atoms with Crippen molar-refractivity contribution < 1.29 is 18.1 Å². The predicted molar refractivity (Wildman–Crippen MR) is 109 cm³/mol. The molecule has 0 bridgehead atoms. The third-order valence-corrected chi connectivity index (χ3v) is 3.84. The van der Waals surface area contributed by atoms with Crippen LogP contribution in [0.2, 0.25) is 0 Å². The molecule has 31 heavy (non-hydrogen) atoms. The second-order valence-corrected chi connectivity index (χ2v) is 6.00. The summed E-state index contributed by atoms with van der Waals surface area (Å²) in [5.74, 6) is -1.70. The quantitative estimate of drug-likeness (QED) is 0.333. The topological polar surface area (TPSA) is 143 Å². The van der Waals surface area contributed by atoms with E-state index in [2.05, 4.69) is 36.3 Å². The van der Waals surface area contributed by atoms with Crippen molar-refractivity contribution in [1.82, 2.24) is 26.0 Å². The molecule has 5 N–H and O–H groups in total. The number of aliphatic imine (C=N–C) groups is 1. The molecule has 2 aromatic heterocycles. The van der Waals surface area contributed by atoms with Crippen molar-refractivity contribution in [3.8, 4) is 0 Å². The highest BCUT2D eigenvalue weighted by molar-refractivity contribution is 6.10. The van der Waals surface area contributed by atoms with E-state index >= 15 is 0 Å². The molecular formula is C19H18F2N8O2. The van der Waals surface area contributed by atoms with Crippen LogP contribution in [0.5, 0.6) is 0 Å². The van der Waals surface area contributed by atoms with Gasteiger partial charge in [0, 0.05) is 18.7 Å². The summed E-state index contributed by atoms with van der Waals surface area (Å²) in [5.41, 5.74) is 11.7. The summed E-state index contributed by atoms with van der Waals surface area (Å²) >= 11 is 0. The van der Waals surface area contributed by atoms with Gasteiger partial charge in [-0.1, -0.05) is 23.4 Å². The molecule has 2 amide bonds. The van der Waals surface area contributed by atoms with E-state index in [4.69, 9.17) is 10.3 Å². The Kier molecular flexibility index (Phi) is 6.96. The Morgan fingerprint density at radius 3 is 2.77 bits per heavy atom. The second kappa shape index (κ2) is 10.0. The molecule has 0 aliphatic heterocycles. The molecule has 12 heteroatoms. The largest absolute Gasteiger partial charge is 0.396 e. The van der Waals surface area contributed by atoms with Gasteiger partial charge in [-0.25, -0.2) is 29.0 Å². The SMILES string of the molecule is CNNC(=O)Nc1nc(C(N)=CC(=NCc2ccccc2F)c2ccon2)ncc1F. The van der Waals surface area contributed by atoms with Crippen molar-refractivity contribution in [1.29, 1.82) is 0 Å². The number of nitrogens with one attached hydrogen (secondary N) is 3. The molecule has 0 aliphatic rings. The standard InChI is InChI=1S/C19H18F2N8O2/c1-23-28-19(30)27-17-13(21)10-25-18(26-17)14(22)8-16(15-6-7-31-29-15)24-9-11-4-2-3-5-12(11)20/h2-8,10,23H,9,22H2,1H3,(H2,25,26,27,28,30). The normalized spacial score (nSPS) is 12.0. The zero-order chi connectivity index (χ0) is 22.2. The first kappa shape index (κ1) is 21.5. The van der Waals surface area contributed by atoms with E-state index in [1.165, 1.54) is 25.5 Å². The van der Waals surface area contributed by atoms with Crippen LogP contribution in [0.1, 0.15) is 17.1 Å². The number of nitrogens with two attached hydrogens (primary N) is 1. The highest BCUT2D eigenvalue weighted by Gasteiger charge is 2.13. The molecule has 0 unspecified atom stereocenters. The predicted octanol–water partition coefficient (Wildman–Crippen LogP) is 1.99. The summed E-state index contributed by atoms with van der Waals surface area (Å²) in [6.45, 7) is 0.0138. The van der Waals surface area contributed by atoms with Crippen molar-refractivity contribution in [2.75, 3.05) is 12.4 Å². The Labute approximate surface area is 175 Å². The maximum atomic E-state index is 13.9. The number of urea groups is 1. The average Bonchev–Trinajstić information content (AvgIpc) is 3.28. The molecule has 0 spiro atoms. The average molecular weight is 428 g/mol. The number of halogens is 2. The summed E-state index contributed by atoms with van der Waals surface area (Å²) in [5, 5.41) is 6.04. The number of nitrogens with zero attached hydrogens (tertiary/aromatic N) is 4. The van der Waals surface area contributed by atoms with E-state index in [0.29, 0.717) is 11.3 Å². The van der Waals surface area contributed by atoms with Gasteiger partial charge in [0.05, 0.1) is 24.2 Å². The number of rotatable bonds is 7. The molecule has 3 aromatic rings. The lowest BCUT2D eigenvalue weighted by atomic mass is 10.2. The minimum atomic E-state index is -0.854. The summed E-state index contributed by atoms with van der Waals surface area (Å²) in [6, 6.07) is 7.01. The Bertz CT molecular complexity index is 1120.